The molecule has 0 radical (unpaired) electrons. The zero-order valence-corrected chi connectivity index (χ0v) is 15.6. The summed E-state index contributed by atoms with van der Waals surface area (Å²) >= 11 is 0. The summed E-state index contributed by atoms with van der Waals surface area (Å²) < 4.78 is 0. The normalized spacial score (nSPS) is 11.2. The van der Waals surface area contributed by atoms with Crippen LogP contribution in [0.15, 0.2) is 54.6 Å². The lowest BCUT2D eigenvalue weighted by atomic mass is 10.1. The summed E-state index contributed by atoms with van der Waals surface area (Å²) in [5.74, 6) is -0.0149. The van der Waals surface area contributed by atoms with E-state index in [1.165, 1.54) is 5.56 Å². The van der Waals surface area contributed by atoms with Gasteiger partial charge in [-0.25, -0.2) is 0 Å². The molecule has 3 N–H and O–H groups in total. The van der Waals surface area contributed by atoms with E-state index in [-0.39, 0.29) is 36.8 Å². The van der Waals surface area contributed by atoms with Crippen molar-refractivity contribution < 1.29 is 4.79 Å². The second-order valence-corrected chi connectivity index (χ2v) is 5.47. The van der Waals surface area contributed by atoms with Crippen LogP contribution in [0.25, 0.3) is 0 Å². The van der Waals surface area contributed by atoms with Gasteiger partial charge in [0, 0.05) is 18.8 Å². The number of hydrogen-bond acceptors (Lipinski definition) is 3. The van der Waals surface area contributed by atoms with Crippen LogP contribution in [0.2, 0.25) is 0 Å². The summed E-state index contributed by atoms with van der Waals surface area (Å²) in [5.41, 5.74) is 8.60. The van der Waals surface area contributed by atoms with Gasteiger partial charge in [-0.1, -0.05) is 42.5 Å². The highest BCUT2D eigenvalue weighted by atomic mass is 35.5. The molecule has 132 valence electrons. The Morgan fingerprint density at radius 3 is 2.17 bits per heavy atom. The Morgan fingerprint density at radius 2 is 1.62 bits per heavy atom. The number of carbonyl (C=O) groups is 1. The Morgan fingerprint density at radius 1 is 1.04 bits per heavy atom. The van der Waals surface area contributed by atoms with E-state index >= 15 is 0 Å². The van der Waals surface area contributed by atoms with Crippen LogP contribution in [0, 0.1) is 0 Å². The molecule has 4 nitrogen and oxygen atoms in total. The zero-order valence-electron chi connectivity index (χ0n) is 13.9. The smallest absolute Gasteiger partial charge is 0.241 e. The summed E-state index contributed by atoms with van der Waals surface area (Å²) in [7, 11) is 1.95. The molecular weight excluding hydrogens is 345 g/mol. The molecule has 0 saturated heterocycles. The van der Waals surface area contributed by atoms with Gasteiger partial charge in [0.05, 0.1) is 6.04 Å². The molecule has 0 heterocycles. The van der Waals surface area contributed by atoms with Crippen molar-refractivity contribution in [3.8, 4) is 0 Å². The van der Waals surface area contributed by atoms with Gasteiger partial charge in [0.2, 0.25) is 5.91 Å². The van der Waals surface area contributed by atoms with Crippen LogP contribution in [0.4, 0.5) is 5.69 Å². The Bertz CT molecular complexity index is 605. The number of likely N-dealkylation sites (N-methyl/N-ethyl adjacent to an activating group) is 1. The lowest BCUT2D eigenvalue weighted by Crippen LogP contribution is -2.39. The van der Waals surface area contributed by atoms with E-state index in [0.29, 0.717) is 6.54 Å². The molecule has 2 rings (SSSR count). The maximum atomic E-state index is 12.3. The van der Waals surface area contributed by atoms with E-state index in [9.17, 15) is 4.79 Å². The Hall–Kier alpha value is -1.59. The van der Waals surface area contributed by atoms with Crippen molar-refractivity contribution >= 4 is 36.4 Å². The molecule has 0 aliphatic rings. The number of rotatable bonds is 6. The number of anilines is 1. The third-order valence-corrected chi connectivity index (χ3v) is 3.77. The SMILES string of the molecule is CC(C(=O)Nc1ccc(CN)cc1)N(C)Cc1ccccc1.Cl.Cl. The molecule has 0 spiro atoms. The van der Waals surface area contributed by atoms with Crippen LogP contribution < -0.4 is 11.1 Å². The van der Waals surface area contributed by atoms with Crippen LogP contribution >= 0.6 is 24.8 Å². The first-order chi connectivity index (χ1) is 10.6. The number of carbonyl (C=O) groups excluding carboxylic acids is 1. The average molecular weight is 370 g/mol. The minimum Gasteiger partial charge on any atom is -0.326 e. The van der Waals surface area contributed by atoms with Gasteiger partial charge < -0.3 is 11.1 Å². The van der Waals surface area contributed by atoms with Gasteiger partial charge >= 0.3 is 0 Å². The number of halogens is 2. The topological polar surface area (TPSA) is 58.4 Å². The van der Waals surface area contributed by atoms with Gasteiger partial charge in [-0.05, 0) is 37.2 Å². The second-order valence-electron chi connectivity index (χ2n) is 5.47. The fourth-order valence-electron chi connectivity index (χ4n) is 2.18. The van der Waals surface area contributed by atoms with E-state index < -0.39 is 0 Å². The fourth-order valence-corrected chi connectivity index (χ4v) is 2.18. The number of benzene rings is 2. The predicted octanol–water partition coefficient (Wildman–Crippen LogP) is 3.45. The van der Waals surface area contributed by atoms with E-state index in [1.807, 2.05) is 61.3 Å². The summed E-state index contributed by atoms with van der Waals surface area (Å²) in [6, 6.07) is 17.5. The van der Waals surface area contributed by atoms with E-state index in [0.717, 1.165) is 17.8 Å². The van der Waals surface area contributed by atoms with Crippen molar-refractivity contribution in [3.63, 3.8) is 0 Å². The largest absolute Gasteiger partial charge is 0.326 e. The first-order valence-corrected chi connectivity index (χ1v) is 7.44. The highest BCUT2D eigenvalue weighted by molar-refractivity contribution is 5.94. The van der Waals surface area contributed by atoms with Gasteiger partial charge in [0.25, 0.3) is 0 Å². The number of nitrogens with one attached hydrogen (secondary N) is 1. The molecule has 24 heavy (non-hydrogen) atoms. The van der Waals surface area contributed by atoms with Crippen molar-refractivity contribution in [1.82, 2.24) is 4.90 Å². The van der Waals surface area contributed by atoms with E-state index in [2.05, 4.69) is 17.4 Å². The lowest BCUT2D eigenvalue weighted by Gasteiger charge is -2.24. The maximum Gasteiger partial charge on any atom is 0.241 e. The molecule has 2 aromatic carbocycles. The quantitative estimate of drug-likeness (QED) is 0.819. The standard InChI is InChI=1S/C18H23N3O.2ClH/c1-14(21(2)13-16-6-4-3-5-7-16)18(22)20-17-10-8-15(12-19)9-11-17;;/h3-11,14H,12-13,19H2,1-2H3,(H,20,22);2*1H. The monoisotopic (exact) mass is 369 g/mol. The maximum absolute atomic E-state index is 12.3. The zero-order chi connectivity index (χ0) is 15.9. The lowest BCUT2D eigenvalue weighted by molar-refractivity contribution is -0.120. The average Bonchev–Trinajstić information content (AvgIpc) is 2.55. The van der Waals surface area contributed by atoms with Gasteiger partial charge in [0.1, 0.15) is 0 Å². The molecule has 1 atom stereocenters. The van der Waals surface area contributed by atoms with Crippen molar-refractivity contribution in [1.29, 1.82) is 0 Å². The van der Waals surface area contributed by atoms with Crippen molar-refractivity contribution in [2.75, 3.05) is 12.4 Å². The molecule has 0 fully saturated rings. The minimum atomic E-state index is -0.214. The molecule has 6 heteroatoms. The molecule has 0 aromatic heterocycles. The molecule has 1 amide bonds. The molecule has 2 aromatic rings. The molecule has 0 saturated carbocycles. The number of nitrogens with zero attached hydrogens (tertiary/aromatic N) is 1. The highest BCUT2D eigenvalue weighted by Gasteiger charge is 2.18. The van der Waals surface area contributed by atoms with Gasteiger partial charge in [-0.2, -0.15) is 0 Å². The first-order valence-electron chi connectivity index (χ1n) is 7.44. The van der Waals surface area contributed by atoms with Crippen molar-refractivity contribution in [2.45, 2.75) is 26.1 Å². The predicted molar refractivity (Wildman–Crippen MR) is 105 cm³/mol. The van der Waals surface area contributed by atoms with Gasteiger partial charge in [0.15, 0.2) is 0 Å². The molecule has 0 bridgehead atoms. The Balaban J connectivity index is 0.00000264. The summed E-state index contributed by atoms with van der Waals surface area (Å²) in [6.07, 6.45) is 0. The second kappa shape index (κ2) is 11.0. The van der Waals surface area contributed by atoms with Crippen LogP contribution in [0.1, 0.15) is 18.1 Å². The molecule has 0 aliphatic carbocycles. The van der Waals surface area contributed by atoms with Crippen LogP contribution in [0.3, 0.4) is 0 Å². The van der Waals surface area contributed by atoms with Gasteiger partial charge in [-0.15, -0.1) is 24.8 Å². The Kier molecular flexibility index (Phi) is 10.3. The van der Waals surface area contributed by atoms with Crippen molar-refractivity contribution in [2.24, 2.45) is 5.73 Å². The highest BCUT2D eigenvalue weighted by Crippen LogP contribution is 2.12. The molecule has 1 unspecified atom stereocenters. The van der Waals surface area contributed by atoms with Crippen LogP contribution in [-0.2, 0) is 17.9 Å². The fraction of sp³-hybridized carbons (Fsp3) is 0.278. The van der Waals surface area contributed by atoms with E-state index in [1.54, 1.807) is 0 Å². The minimum absolute atomic E-state index is 0. The third kappa shape index (κ3) is 6.49. The summed E-state index contributed by atoms with van der Waals surface area (Å²) in [5, 5.41) is 2.94. The summed E-state index contributed by atoms with van der Waals surface area (Å²) in [4.78, 5) is 14.3. The van der Waals surface area contributed by atoms with Crippen LogP contribution in [0.5, 0.6) is 0 Å². The number of amides is 1. The van der Waals surface area contributed by atoms with Crippen LogP contribution in [-0.4, -0.2) is 23.9 Å². The number of nitrogens with two attached hydrogens (primary N) is 1. The van der Waals surface area contributed by atoms with Gasteiger partial charge in [-0.3, -0.25) is 9.69 Å². The molecule has 0 aliphatic heterocycles. The van der Waals surface area contributed by atoms with Crippen molar-refractivity contribution in [3.05, 3.63) is 65.7 Å². The Labute approximate surface area is 156 Å². The first kappa shape index (κ1) is 22.4. The number of hydrogen-bond donors (Lipinski definition) is 2. The third-order valence-electron chi connectivity index (χ3n) is 3.77. The van der Waals surface area contributed by atoms with E-state index in [4.69, 9.17) is 5.73 Å². The molecular formula is C18H25Cl2N3O. The summed E-state index contributed by atoms with van der Waals surface area (Å²) in [6.45, 7) is 3.15.